The Hall–Kier alpha value is -2.56. The molecule has 0 saturated carbocycles. The molecule has 3 heterocycles. The Morgan fingerprint density at radius 1 is 0.821 bits per heavy atom. The lowest BCUT2D eigenvalue weighted by Gasteiger charge is -2.35. The fourth-order valence-corrected chi connectivity index (χ4v) is 4.16. The number of benzene rings is 1. The van der Waals surface area contributed by atoms with Crippen LogP contribution in [0.5, 0.6) is 0 Å². The van der Waals surface area contributed by atoms with Crippen molar-refractivity contribution in [3.63, 3.8) is 0 Å². The monoisotopic (exact) mass is 378 g/mol. The van der Waals surface area contributed by atoms with E-state index in [1.54, 1.807) is 0 Å². The van der Waals surface area contributed by atoms with E-state index < -0.39 is 0 Å². The van der Waals surface area contributed by atoms with Gasteiger partial charge < -0.3 is 14.7 Å². The summed E-state index contributed by atoms with van der Waals surface area (Å²) in [7, 11) is 0. The van der Waals surface area contributed by atoms with Crippen molar-refractivity contribution >= 4 is 17.4 Å². The van der Waals surface area contributed by atoms with Gasteiger partial charge in [0, 0.05) is 57.6 Å². The Bertz CT molecular complexity index is 748. The summed E-state index contributed by atoms with van der Waals surface area (Å²) in [6, 6.07) is 14.8. The maximum absolute atomic E-state index is 12.6. The van der Waals surface area contributed by atoms with Gasteiger partial charge in [-0.15, -0.1) is 0 Å². The molecule has 5 nitrogen and oxygen atoms in total. The number of hydrogen-bond acceptors (Lipinski definition) is 4. The first kappa shape index (κ1) is 18.8. The molecular weight excluding hydrogens is 348 g/mol. The van der Waals surface area contributed by atoms with Crippen molar-refractivity contribution in [2.24, 2.45) is 0 Å². The van der Waals surface area contributed by atoms with E-state index in [-0.39, 0.29) is 5.91 Å². The maximum atomic E-state index is 12.6. The molecule has 0 atom stereocenters. The lowest BCUT2D eigenvalue weighted by atomic mass is 10.1. The van der Waals surface area contributed by atoms with Crippen LogP contribution in [0, 0.1) is 0 Å². The molecule has 0 unspecified atom stereocenters. The molecule has 2 aliphatic heterocycles. The first-order chi connectivity index (χ1) is 13.8. The number of piperidine rings is 1. The maximum Gasteiger partial charge on any atom is 0.223 e. The van der Waals surface area contributed by atoms with Gasteiger partial charge in [0.15, 0.2) is 0 Å². The van der Waals surface area contributed by atoms with Gasteiger partial charge in [-0.3, -0.25) is 4.79 Å². The lowest BCUT2D eigenvalue weighted by Crippen LogP contribution is -2.49. The fourth-order valence-electron chi connectivity index (χ4n) is 4.16. The van der Waals surface area contributed by atoms with Crippen LogP contribution in [0.3, 0.4) is 0 Å². The van der Waals surface area contributed by atoms with Crippen LogP contribution in [-0.4, -0.2) is 55.1 Å². The van der Waals surface area contributed by atoms with Crippen LogP contribution in [0.4, 0.5) is 11.5 Å². The normalized spacial score (nSPS) is 17.6. The van der Waals surface area contributed by atoms with E-state index in [0.29, 0.717) is 6.42 Å². The Labute approximate surface area is 168 Å². The van der Waals surface area contributed by atoms with E-state index >= 15 is 0 Å². The van der Waals surface area contributed by atoms with E-state index in [1.165, 1.54) is 43.6 Å². The zero-order chi connectivity index (χ0) is 19.2. The SMILES string of the molecule is O=C(CCc1ccc(N2CCCCC2)cc1)N1CCN(c2ccccn2)CC1. The smallest absolute Gasteiger partial charge is 0.223 e. The predicted molar refractivity (Wildman–Crippen MR) is 114 cm³/mol. The van der Waals surface area contributed by atoms with Gasteiger partial charge in [0.25, 0.3) is 0 Å². The summed E-state index contributed by atoms with van der Waals surface area (Å²) in [5.41, 5.74) is 2.57. The van der Waals surface area contributed by atoms with Gasteiger partial charge in [-0.2, -0.15) is 0 Å². The van der Waals surface area contributed by atoms with Crippen LogP contribution < -0.4 is 9.80 Å². The van der Waals surface area contributed by atoms with Crippen LogP contribution in [0.1, 0.15) is 31.2 Å². The molecule has 0 bridgehead atoms. The van der Waals surface area contributed by atoms with E-state index in [2.05, 4.69) is 39.0 Å². The van der Waals surface area contributed by atoms with Crippen LogP contribution in [0.25, 0.3) is 0 Å². The second-order valence-corrected chi connectivity index (χ2v) is 7.77. The molecule has 1 amide bonds. The van der Waals surface area contributed by atoms with Gasteiger partial charge in [-0.25, -0.2) is 4.98 Å². The van der Waals surface area contributed by atoms with E-state index in [1.807, 2.05) is 29.3 Å². The highest BCUT2D eigenvalue weighted by atomic mass is 16.2. The molecule has 1 aromatic carbocycles. The highest BCUT2D eigenvalue weighted by Gasteiger charge is 2.21. The average Bonchev–Trinajstić information content (AvgIpc) is 2.79. The quantitative estimate of drug-likeness (QED) is 0.800. The summed E-state index contributed by atoms with van der Waals surface area (Å²) in [4.78, 5) is 23.7. The zero-order valence-electron chi connectivity index (χ0n) is 16.6. The number of carbonyl (C=O) groups excluding carboxylic acids is 1. The van der Waals surface area contributed by atoms with Crippen molar-refractivity contribution in [2.45, 2.75) is 32.1 Å². The minimum Gasteiger partial charge on any atom is -0.372 e. The Kier molecular flexibility index (Phi) is 6.10. The highest BCUT2D eigenvalue weighted by Crippen LogP contribution is 2.21. The third-order valence-electron chi connectivity index (χ3n) is 5.89. The molecule has 0 radical (unpaired) electrons. The zero-order valence-corrected chi connectivity index (χ0v) is 16.6. The summed E-state index contributed by atoms with van der Waals surface area (Å²) >= 11 is 0. The Balaban J connectivity index is 1.23. The summed E-state index contributed by atoms with van der Waals surface area (Å²) < 4.78 is 0. The van der Waals surface area contributed by atoms with E-state index in [0.717, 1.165) is 38.4 Å². The predicted octanol–water partition coefficient (Wildman–Crippen LogP) is 3.35. The summed E-state index contributed by atoms with van der Waals surface area (Å²) in [6.45, 7) is 5.61. The average molecular weight is 379 g/mol. The molecular formula is C23H30N4O. The number of pyridine rings is 1. The molecule has 28 heavy (non-hydrogen) atoms. The number of aryl methyl sites for hydroxylation is 1. The fraction of sp³-hybridized carbons (Fsp3) is 0.478. The number of anilines is 2. The van der Waals surface area contributed by atoms with Gasteiger partial charge in [-0.1, -0.05) is 18.2 Å². The molecule has 1 aromatic heterocycles. The van der Waals surface area contributed by atoms with E-state index in [9.17, 15) is 4.79 Å². The van der Waals surface area contributed by atoms with Crippen LogP contribution in [0.2, 0.25) is 0 Å². The summed E-state index contributed by atoms with van der Waals surface area (Å²) in [5.74, 6) is 1.27. The first-order valence-electron chi connectivity index (χ1n) is 10.6. The molecule has 5 heteroatoms. The van der Waals surface area contributed by atoms with Crippen LogP contribution in [0.15, 0.2) is 48.7 Å². The number of rotatable bonds is 5. The number of nitrogens with zero attached hydrogens (tertiary/aromatic N) is 4. The molecule has 0 aliphatic carbocycles. The number of hydrogen-bond donors (Lipinski definition) is 0. The van der Waals surface area contributed by atoms with Crippen LogP contribution in [-0.2, 0) is 11.2 Å². The molecule has 2 fully saturated rings. The molecule has 0 spiro atoms. The minimum atomic E-state index is 0.265. The van der Waals surface area contributed by atoms with Crippen molar-refractivity contribution < 1.29 is 4.79 Å². The van der Waals surface area contributed by atoms with Gasteiger partial charge in [-0.05, 0) is 55.5 Å². The second kappa shape index (κ2) is 9.09. The molecule has 2 saturated heterocycles. The molecule has 148 valence electrons. The van der Waals surface area contributed by atoms with Crippen molar-refractivity contribution in [1.82, 2.24) is 9.88 Å². The number of piperazine rings is 1. The minimum absolute atomic E-state index is 0.265. The van der Waals surface area contributed by atoms with Gasteiger partial charge in [0.2, 0.25) is 5.91 Å². The summed E-state index contributed by atoms with van der Waals surface area (Å²) in [6.07, 6.45) is 7.18. The van der Waals surface area contributed by atoms with Crippen molar-refractivity contribution in [1.29, 1.82) is 0 Å². The summed E-state index contributed by atoms with van der Waals surface area (Å²) in [5, 5.41) is 0. The molecule has 2 aliphatic rings. The Morgan fingerprint density at radius 3 is 2.25 bits per heavy atom. The van der Waals surface area contributed by atoms with Crippen molar-refractivity contribution in [3.05, 3.63) is 54.2 Å². The molecule has 2 aromatic rings. The third-order valence-corrected chi connectivity index (χ3v) is 5.89. The first-order valence-corrected chi connectivity index (χ1v) is 10.6. The number of aromatic nitrogens is 1. The van der Waals surface area contributed by atoms with Crippen molar-refractivity contribution in [2.75, 3.05) is 49.1 Å². The second-order valence-electron chi connectivity index (χ2n) is 7.77. The molecule has 4 rings (SSSR count). The van der Waals surface area contributed by atoms with Gasteiger partial charge in [0.1, 0.15) is 5.82 Å². The topological polar surface area (TPSA) is 39.7 Å². The molecule has 0 N–H and O–H groups in total. The Morgan fingerprint density at radius 2 is 1.57 bits per heavy atom. The third kappa shape index (κ3) is 4.64. The van der Waals surface area contributed by atoms with Gasteiger partial charge in [0.05, 0.1) is 0 Å². The highest BCUT2D eigenvalue weighted by molar-refractivity contribution is 5.76. The lowest BCUT2D eigenvalue weighted by molar-refractivity contribution is -0.131. The van der Waals surface area contributed by atoms with Gasteiger partial charge >= 0.3 is 0 Å². The number of carbonyl (C=O) groups is 1. The van der Waals surface area contributed by atoms with Crippen LogP contribution >= 0.6 is 0 Å². The van der Waals surface area contributed by atoms with E-state index in [4.69, 9.17) is 0 Å². The standard InChI is InChI=1S/C23H30N4O/c28-23(27-18-16-26(17-19-27)22-6-2-3-13-24-22)12-9-20-7-10-21(11-8-20)25-14-4-1-5-15-25/h2-3,6-8,10-11,13H,1,4-5,9,12,14-19H2. The van der Waals surface area contributed by atoms with Crippen molar-refractivity contribution in [3.8, 4) is 0 Å². The number of amides is 1. The largest absolute Gasteiger partial charge is 0.372 e.